The van der Waals surface area contributed by atoms with Crippen molar-refractivity contribution in [2.75, 3.05) is 11.1 Å². The third kappa shape index (κ3) is 3.07. The summed E-state index contributed by atoms with van der Waals surface area (Å²) >= 11 is 0. The largest absolute Gasteiger partial charge is 0.399 e. The van der Waals surface area contributed by atoms with Gasteiger partial charge in [-0.1, -0.05) is 6.07 Å². The summed E-state index contributed by atoms with van der Waals surface area (Å²) in [6, 6.07) is 5.44. The number of amides is 1. The number of nitrogens with two attached hydrogens (primary N) is 1. The summed E-state index contributed by atoms with van der Waals surface area (Å²) in [5.41, 5.74) is 8.05. The molecule has 6 heteroatoms. The number of nitrogens with one attached hydrogen (secondary N) is 1. The summed E-state index contributed by atoms with van der Waals surface area (Å²) < 4.78 is 1.62. The zero-order valence-corrected chi connectivity index (χ0v) is 10.1. The van der Waals surface area contributed by atoms with Crippen LogP contribution in [-0.4, -0.2) is 20.7 Å². The first kappa shape index (κ1) is 12.1. The molecule has 1 amide bonds. The van der Waals surface area contributed by atoms with Gasteiger partial charge in [-0.05, 0) is 24.6 Å². The molecule has 2 rings (SSSR count). The number of nitrogen functional groups attached to an aromatic ring is 1. The molecular weight excluding hydrogens is 230 g/mol. The van der Waals surface area contributed by atoms with Gasteiger partial charge in [-0.2, -0.15) is 5.10 Å². The van der Waals surface area contributed by atoms with E-state index in [1.54, 1.807) is 23.1 Å². The zero-order chi connectivity index (χ0) is 13.0. The van der Waals surface area contributed by atoms with Crippen LogP contribution in [0.3, 0.4) is 0 Å². The van der Waals surface area contributed by atoms with Crippen molar-refractivity contribution in [2.45, 2.75) is 19.9 Å². The minimum Gasteiger partial charge on any atom is -0.399 e. The number of anilines is 2. The topological polar surface area (TPSA) is 85.8 Å². The summed E-state index contributed by atoms with van der Waals surface area (Å²) in [6.07, 6.45) is 3.37. The van der Waals surface area contributed by atoms with Gasteiger partial charge in [0.2, 0.25) is 5.91 Å². The van der Waals surface area contributed by atoms with E-state index >= 15 is 0 Å². The molecule has 6 nitrogen and oxygen atoms in total. The van der Waals surface area contributed by atoms with Crippen LogP contribution in [0.5, 0.6) is 0 Å². The Kier molecular flexibility index (Phi) is 3.57. The Hall–Kier alpha value is -2.37. The number of benzene rings is 1. The van der Waals surface area contributed by atoms with Crippen LogP contribution < -0.4 is 11.1 Å². The first-order chi connectivity index (χ1) is 8.65. The molecule has 0 aliphatic carbocycles. The molecule has 0 aliphatic heterocycles. The molecule has 0 saturated heterocycles. The van der Waals surface area contributed by atoms with Gasteiger partial charge in [0.25, 0.3) is 0 Å². The number of aryl methyl sites for hydroxylation is 2. The monoisotopic (exact) mass is 245 g/mol. The van der Waals surface area contributed by atoms with Crippen LogP contribution in [0.25, 0.3) is 0 Å². The van der Waals surface area contributed by atoms with Gasteiger partial charge in [-0.25, -0.2) is 4.98 Å². The Bertz CT molecular complexity index is 535. The maximum atomic E-state index is 11.8. The fourth-order valence-electron chi connectivity index (χ4n) is 1.55. The van der Waals surface area contributed by atoms with E-state index in [0.29, 0.717) is 18.7 Å². The highest BCUT2D eigenvalue weighted by Crippen LogP contribution is 2.18. The van der Waals surface area contributed by atoms with Crippen LogP contribution in [0, 0.1) is 6.92 Å². The number of aromatic nitrogens is 3. The number of nitrogens with zero attached hydrogens (tertiary/aromatic N) is 3. The Morgan fingerprint density at radius 1 is 1.50 bits per heavy atom. The molecule has 1 heterocycles. The summed E-state index contributed by atoms with van der Waals surface area (Å²) in [5, 5.41) is 6.77. The Balaban J connectivity index is 1.92. The first-order valence-corrected chi connectivity index (χ1v) is 5.63. The average Bonchev–Trinajstić information content (AvgIpc) is 2.84. The van der Waals surface area contributed by atoms with Gasteiger partial charge in [0, 0.05) is 17.8 Å². The second kappa shape index (κ2) is 5.31. The molecule has 0 saturated carbocycles. The van der Waals surface area contributed by atoms with Crippen molar-refractivity contribution in [3.05, 3.63) is 36.4 Å². The van der Waals surface area contributed by atoms with E-state index in [1.807, 2.05) is 13.0 Å². The number of hydrogen-bond donors (Lipinski definition) is 2. The van der Waals surface area contributed by atoms with Crippen molar-refractivity contribution in [3.8, 4) is 0 Å². The molecule has 0 fully saturated rings. The molecule has 1 aromatic carbocycles. The Morgan fingerprint density at radius 2 is 2.33 bits per heavy atom. The van der Waals surface area contributed by atoms with E-state index in [2.05, 4.69) is 15.4 Å². The summed E-state index contributed by atoms with van der Waals surface area (Å²) in [7, 11) is 0. The van der Waals surface area contributed by atoms with E-state index < -0.39 is 0 Å². The van der Waals surface area contributed by atoms with Crippen molar-refractivity contribution in [3.63, 3.8) is 0 Å². The third-order valence-corrected chi connectivity index (χ3v) is 2.57. The third-order valence-electron chi connectivity index (χ3n) is 2.57. The van der Waals surface area contributed by atoms with Gasteiger partial charge < -0.3 is 11.1 Å². The van der Waals surface area contributed by atoms with Gasteiger partial charge in [-0.3, -0.25) is 9.48 Å². The molecule has 1 aromatic heterocycles. The standard InChI is InChI=1S/C12H15N5O/c1-9-2-3-10(13)6-11(9)16-12(18)4-5-17-8-14-7-15-17/h2-3,6-8H,4-5,13H2,1H3,(H,16,18). The molecule has 0 spiro atoms. The molecule has 0 bridgehead atoms. The summed E-state index contributed by atoms with van der Waals surface area (Å²) in [6.45, 7) is 2.43. The van der Waals surface area contributed by atoms with Crippen LogP contribution in [0.15, 0.2) is 30.9 Å². The highest BCUT2D eigenvalue weighted by Gasteiger charge is 2.05. The number of carbonyl (C=O) groups excluding carboxylic acids is 1. The number of hydrogen-bond acceptors (Lipinski definition) is 4. The molecule has 94 valence electrons. The molecule has 0 radical (unpaired) electrons. The molecular formula is C12H15N5O. The lowest BCUT2D eigenvalue weighted by Crippen LogP contribution is -2.15. The fraction of sp³-hybridized carbons (Fsp3) is 0.250. The molecule has 2 aromatic rings. The van der Waals surface area contributed by atoms with E-state index in [4.69, 9.17) is 5.73 Å². The van der Waals surface area contributed by atoms with Crippen molar-refractivity contribution in [1.29, 1.82) is 0 Å². The lowest BCUT2D eigenvalue weighted by Gasteiger charge is -2.09. The van der Waals surface area contributed by atoms with Crippen molar-refractivity contribution < 1.29 is 4.79 Å². The highest BCUT2D eigenvalue weighted by atomic mass is 16.1. The summed E-state index contributed by atoms with van der Waals surface area (Å²) in [5.74, 6) is -0.0702. The van der Waals surface area contributed by atoms with Gasteiger partial charge in [0.1, 0.15) is 12.7 Å². The van der Waals surface area contributed by atoms with Gasteiger partial charge >= 0.3 is 0 Å². The van der Waals surface area contributed by atoms with E-state index in [0.717, 1.165) is 11.3 Å². The average molecular weight is 245 g/mol. The lowest BCUT2D eigenvalue weighted by atomic mass is 10.2. The maximum Gasteiger partial charge on any atom is 0.226 e. The van der Waals surface area contributed by atoms with Crippen LogP contribution in [0.1, 0.15) is 12.0 Å². The van der Waals surface area contributed by atoms with Gasteiger partial charge in [-0.15, -0.1) is 0 Å². The predicted octanol–water partition coefficient (Wildman–Crippen LogP) is 1.20. The second-order valence-corrected chi connectivity index (χ2v) is 4.03. The minimum absolute atomic E-state index is 0.0702. The summed E-state index contributed by atoms with van der Waals surface area (Å²) in [4.78, 5) is 15.6. The minimum atomic E-state index is -0.0702. The lowest BCUT2D eigenvalue weighted by molar-refractivity contribution is -0.116. The van der Waals surface area contributed by atoms with Crippen LogP contribution in [-0.2, 0) is 11.3 Å². The Labute approximate surface area is 105 Å². The van der Waals surface area contributed by atoms with Crippen LogP contribution >= 0.6 is 0 Å². The van der Waals surface area contributed by atoms with Gasteiger partial charge in [0.05, 0.1) is 6.54 Å². The quantitative estimate of drug-likeness (QED) is 0.792. The molecule has 0 aliphatic rings. The van der Waals surface area contributed by atoms with Gasteiger partial charge in [0.15, 0.2) is 0 Å². The first-order valence-electron chi connectivity index (χ1n) is 5.63. The number of rotatable bonds is 4. The van der Waals surface area contributed by atoms with Crippen LogP contribution in [0.2, 0.25) is 0 Å². The molecule has 18 heavy (non-hydrogen) atoms. The number of carbonyl (C=O) groups is 1. The Morgan fingerprint density at radius 3 is 3.06 bits per heavy atom. The maximum absolute atomic E-state index is 11.8. The van der Waals surface area contributed by atoms with Crippen LogP contribution in [0.4, 0.5) is 11.4 Å². The van der Waals surface area contributed by atoms with E-state index in [-0.39, 0.29) is 5.91 Å². The molecule has 3 N–H and O–H groups in total. The van der Waals surface area contributed by atoms with Crippen molar-refractivity contribution >= 4 is 17.3 Å². The van der Waals surface area contributed by atoms with Crippen molar-refractivity contribution in [2.24, 2.45) is 0 Å². The van der Waals surface area contributed by atoms with Crippen molar-refractivity contribution in [1.82, 2.24) is 14.8 Å². The molecule has 0 unspecified atom stereocenters. The highest BCUT2D eigenvalue weighted by molar-refractivity contribution is 5.91. The second-order valence-electron chi connectivity index (χ2n) is 4.03. The van der Waals surface area contributed by atoms with E-state index in [1.165, 1.54) is 6.33 Å². The van der Waals surface area contributed by atoms with E-state index in [9.17, 15) is 4.79 Å². The molecule has 0 atom stereocenters. The normalized spacial score (nSPS) is 10.3. The predicted molar refractivity (Wildman–Crippen MR) is 68.9 cm³/mol. The fourth-order valence-corrected chi connectivity index (χ4v) is 1.55. The smallest absolute Gasteiger partial charge is 0.226 e. The zero-order valence-electron chi connectivity index (χ0n) is 10.1. The SMILES string of the molecule is Cc1ccc(N)cc1NC(=O)CCn1cncn1.